The summed E-state index contributed by atoms with van der Waals surface area (Å²) in [6, 6.07) is 4.68. The van der Waals surface area contributed by atoms with E-state index in [2.05, 4.69) is 26.2 Å². The molecule has 0 spiro atoms. The van der Waals surface area contributed by atoms with Gasteiger partial charge in [0.1, 0.15) is 12.1 Å². The maximum atomic E-state index is 13.1. The summed E-state index contributed by atoms with van der Waals surface area (Å²) in [6.45, 7) is 3.57. The highest BCUT2D eigenvalue weighted by Crippen LogP contribution is 2.24. The van der Waals surface area contributed by atoms with Gasteiger partial charge in [-0.2, -0.15) is 0 Å². The first-order valence-electron chi connectivity index (χ1n) is 5.31. The van der Waals surface area contributed by atoms with Crippen LogP contribution in [0, 0.1) is 5.82 Å². The van der Waals surface area contributed by atoms with Gasteiger partial charge in [-0.15, -0.1) is 0 Å². The Kier molecular flexibility index (Phi) is 3.91. The molecule has 90 valence electrons. The van der Waals surface area contributed by atoms with E-state index in [1.54, 1.807) is 18.4 Å². The number of nitrogens with zero attached hydrogens (tertiary/aromatic N) is 1. The highest BCUT2D eigenvalue weighted by atomic mass is 79.9. The van der Waals surface area contributed by atoms with Gasteiger partial charge in [-0.25, -0.2) is 9.37 Å². The summed E-state index contributed by atoms with van der Waals surface area (Å²) < 4.78 is 18.8. The van der Waals surface area contributed by atoms with Crippen molar-refractivity contribution in [3.8, 4) is 11.5 Å². The fraction of sp³-hybridized carbons (Fsp3) is 0.250. The summed E-state index contributed by atoms with van der Waals surface area (Å²) >= 11 is 3.14. The number of rotatable bonds is 4. The van der Waals surface area contributed by atoms with E-state index in [0.29, 0.717) is 16.9 Å². The first kappa shape index (κ1) is 12.3. The third-order valence-electron chi connectivity index (χ3n) is 2.27. The summed E-state index contributed by atoms with van der Waals surface area (Å²) in [5.74, 6) is 0.201. The highest BCUT2D eigenvalue weighted by molar-refractivity contribution is 9.10. The van der Waals surface area contributed by atoms with Crippen LogP contribution in [0.15, 0.2) is 33.4 Å². The average molecular weight is 299 g/mol. The second-order valence-electron chi connectivity index (χ2n) is 3.55. The summed E-state index contributed by atoms with van der Waals surface area (Å²) in [7, 11) is 0. The second-order valence-corrected chi connectivity index (χ2v) is 4.41. The van der Waals surface area contributed by atoms with Gasteiger partial charge in [0.2, 0.25) is 5.89 Å². The molecule has 0 aliphatic rings. The lowest BCUT2D eigenvalue weighted by atomic mass is 10.2. The summed E-state index contributed by atoms with van der Waals surface area (Å²) in [5, 5.41) is 3.16. The standard InChI is InChI=1S/C12H12BrFN2O/c1-2-15-6-9-7-17-12(16-9)8-3-4-11(14)10(13)5-8/h3-5,7,15H,2,6H2,1H3. The van der Waals surface area contributed by atoms with Crippen LogP contribution in [0.5, 0.6) is 0 Å². The summed E-state index contributed by atoms with van der Waals surface area (Å²) in [6.07, 6.45) is 1.61. The Morgan fingerprint density at radius 1 is 1.47 bits per heavy atom. The van der Waals surface area contributed by atoms with Gasteiger partial charge in [-0.3, -0.25) is 0 Å². The van der Waals surface area contributed by atoms with Gasteiger partial charge < -0.3 is 9.73 Å². The van der Waals surface area contributed by atoms with E-state index in [1.165, 1.54) is 6.07 Å². The van der Waals surface area contributed by atoms with E-state index < -0.39 is 0 Å². The molecule has 17 heavy (non-hydrogen) atoms. The monoisotopic (exact) mass is 298 g/mol. The molecule has 0 saturated carbocycles. The minimum Gasteiger partial charge on any atom is -0.444 e. The molecule has 1 N–H and O–H groups in total. The van der Waals surface area contributed by atoms with Gasteiger partial charge in [-0.1, -0.05) is 6.92 Å². The van der Waals surface area contributed by atoms with Crippen molar-refractivity contribution in [1.29, 1.82) is 0 Å². The van der Waals surface area contributed by atoms with Crippen molar-refractivity contribution >= 4 is 15.9 Å². The van der Waals surface area contributed by atoms with Crippen LogP contribution < -0.4 is 5.32 Å². The molecule has 0 unspecified atom stereocenters. The Morgan fingerprint density at radius 2 is 2.29 bits per heavy atom. The summed E-state index contributed by atoms with van der Waals surface area (Å²) in [5.41, 5.74) is 1.59. The second kappa shape index (κ2) is 5.42. The van der Waals surface area contributed by atoms with E-state index >= 15 is 0 Å². The van der Waals surface area contributed by atoms with Gasteiger partial charge in [0.05, 0.1) is 10.2 Å². The zero-order valence-electron chi connectivity index (χ0n) is 9.34. The van der Waals surface area contributed by atoms with Crippen molar-refractivity contribution in [1.82, 2.24) is 10.3 Å². The first-order chi connectivity index (χ1) is 8.20. The van der Waals surface area contributed by atoms with E-state index in [0.717, 1.165) is 17.8 Å². The number of hydrogen-bond donors (Lipinski definition) is 1. The van der Waals surface area contributed by atoms with Crippen LogP contribution in [0.1, 0.15) is 12.6 Å². The minimum absolute atomic E-state index is 0.298. The smallest absolute Gasteiger partial charge is 0.226 e. The van der Waals surface area contributed by atoms with E-state index in [9.17, 15) is 4.39 Å². The largest absolute Gasteiger partial charge is 0.444 e. The SMILES string of the molecule is CCNCc1coc(-c2ccc(F)c(Br)c2)n1. The number of hydrogen-bond acceptors (Lipinski definition) is 3. The van der Waals surface area contributed by atoms with Gasteiger partial charge in [-0.05, 0) is 40.7 Å². The van der Waals surface area contributed by atoms with Gasteiger partial charge >= 0.3 is 0 Å². The average Bonchev–Trinajstić information content (AvgIpc) is 2.79. The van der Waals surface area contributed by atoms with Gasteiger partial charge in [0.15, 0.2) is 0 Å². The van der Waals surface area contributed by atoms with Crippen molar-refractivity contribution in [2.24, 2.45) is 0 Å². The third-order valence-corrected chi connectivity index (χ3v) is 2.88. The molecule has 1 heterocycles. The maximum Gasteiger partial charge on any atom is 0.226 e. The molecule has 5 heteroatoms. The highest BCUT2D eigenvalue weighted by Gasteiger charge is 2.08. The number of benzene rings is 1. The Labute approximate surface area is 107 Å². The Morgan fingerprint density at radius 3 is 3.00 bits per heavy atom. The zero-order valence-corrected chi connectivity index (χ0v) is 10.9. The quantitative estimate of drug-likeness (QED) is 0.941. The number of aromatic nitrogens is 1. The first-order valence-corrected chi connectivity index (χ1v) is 6.10. The molecular formula is C12H12BrFN2O. The molecule has 0 fully saturated rings. The van der Waals surface area contributed by atoms with Crippen LogP contribution in [-0.4, -0.2) is 11.5 Å². The topological polar surface area (TPSA) is 38.1 Å². The van der Waals surface area contributed by atoms with Crippen LogP contribution in [0.4, 0.5) is 4.39 Å². The van der Waals surface area contributed by atoms with Crippen molar-refractivity contribution in [3.05, 3.63) is 40.4 Å². The Hall–Kier alpha value is -1.20. The predicted molar refractivity (Wildman–Crippen MR) is 67.0 cm³/mol. The van der Waals surface area contributed by atoms with Crippen molar-refractivity contribution in [2.45, 2.75) is 13.5 Å². The van der Waals surface area contributed by atoms with Crippen LogP contribution in [0.3, 0.4) is 0 Å². The molecule has 1 aromatic heterocycles. The predicted octanol–water partition coefficient (Wildman–Crippen LogP) is 3.35. The molecule has 3 nitrogen and oxygen atoms in total. The molecule has 0 amide bonds. The van der Waals surface area contributed by atoms with Crippen LogP contribution in [0.2, 0.25) is 0 Å². The van der Waals surface area contributed by atoms with Gasteiger partial charge in [0.25, 0.3) is 0 Å². The fourth-order valence-electron chi connectivity index (χ4n) is 1.40. The van der Waals surface area contributed by atoms with Crippen molar-refractivity contribution in [2.75, 3.05) is 6.54 Å². The molecule has 0 bridgehead atoms. The van der Waals surface area contributed by atoms with Crippen LogP contribution in [-0.2, 0) is 6.54 Å². The lowest BCUT2D eigenvalue weighted by Gasteiger charge is -1.98. The lowest BCUT2D eigenvalue weighted by molar-refractivity contribution is 0.570. The van der Waals surface area contributed by atoms with E-state index in [-0.39, 0.29) is 5.82 Å². The molecule has 0 atom stereocenters. The molecule has 2 rings (SSSR count). The van der Waals surface area contributed by atoms with E-state index in [1.807, 2.05) is 6.92 Å². The Balaban J connectivity index is 2.21. The zero-order chi connectivity index (χ0) is 12.3. The normalized spacial score (nSPS) is 10.8. The molecule has 0 saturated heterocycles. The molecule has 0 aliphatic carbocycles. The molecule has 2 aromatic rings. The van der Waals surface area contributed by atoms with Gasteiger partial charge in [0, 0.05) is 12.1 Å². The van der Waals surface area contributed by atoms with Crippen molar-refractivity contribution in [3.63, 3.8) is 0 Å². The van der Waals surface area contributed by atoms with Crippen molar-refractivity contribution < 1.29 is 8.81 Å². The number of halogens is 2. The lowest BCUT2D eigenvalue weighted by Crippen LogP contribution is -2.11. The number of nitrogens with one attached hydrogen (secondary N) is 1. The van der Waals surface area contributed by atoms with Crippen LogP contribution >= 0.6 is 15.9 Å². The molecule has 1 aromatic carbocycles. The molecule has 0 radical (unpaired) electrons. The fourth-order valence-corrected chi connectivity index (χ4v) is 1.78. The maximum absolute atomic E-state index is 13.1. The Bertz CT molecular complexity index is 513. The molecule has 0 aliphatic heterocycles. The third kappa shape index (κ3) is 2.92. The van der Waals surface area contributed by atoms with E-state index in [4.69, 9.17) is 4.42 Å². The molecular weight excluding hydrogens is 287 g/mol. The van der Waals surface area contributed by atoms with Crippen LogP contribution in [0.25, 0.3) is 11.5 Å². The summed E-state index contributed by atoms with van der Waals surface area (Å²) in [4.78, 5) is 4.32. The number of oxazole rings is 1. The minimum atomic E-state index is -0.298.